The molecule has 0 fully saturated rings. The van der Waals surface area contributed by atoms with E-state index in [4.69, 9.17) is 9.47 Å². The molecule has 1 aliphatic rings. The zero-order valence-electron chi connectivity index (χ0n) is 17.2. The van der Waals surface area contributed by atoms with Crippen LogP contribution in [0.25, 0.3) is 10.9 Å². The van der Waals surface area contributed by atoms with Crippen LogP contribution in [0.4, 0.5) is 0 Å². The van der Waals surface area contributed by atoms with E-state index >= 15 is 0 Å². The van der Waals surface area contributed by atoms with Crippen molar-refractivity contribution in [3.63, 3.8) is 0 Å². The van der Waals surface area contributed by atoms with Gasteiger partial charge in [0, 0.05) is 41.0 Å². The molecule has 0 bridgehead atoms. The van der Waals surface area contributed by atoms with Crippen LogP contribution >= 0.6 is 0 Å². The van der Waals surface area contributed by atoms with Crippen molar-refractivity contribution in [1.82, 2.24) is 10.3 Å². The van der Waals surface area contributed by atoms with Crippen molar-refractivity contribution in [3.05, 3.63) is 59.3 Å². The first-order chi connectivity index (χ1) is 14.1. The van der Waals surface area contributed by atoms with Gasteiger partial charge >= 0.3 is 0 Å². The molecular weight excluding hydrogens is 364 g/mol. The summed E-state index contributed by atoms with van der Waals surface area (Å²) >= 11 is 0. The molecule has 0 aliphatic carbocycles. The van der Waals surface area contributed by atoms with Crippen LogP contribution in [0.5, 0.6) is 11.5 Å². The Kier molecular flexibility index (Phi) is 5.47. The van der Waals surface area contributed by atoms with E-state index in [9.17, 15) is 4.79 Å². The first-order valence-electron chi connectivity index (χ1n) is 10.4. The highest BCUT2D eigenvalue weighted by atomic mass is 16.7. The standard InChI is InChI=1S/C24H28N2O3/c1-4-15(3)26-22(27)12-19(18-10-7-11-21-24(18)29-14-28-21)20-13-25-23-16(5-2)8-6-9-17(20)23/h6-11,13,15,19,25H,4-5,12,14H2,1-3H3,(H,26,27). The van der Waals surface area contributed by atoms with Gasteiger partial charge in [0.1, 0.15) is 0 Å². The van der Waals surface area contributed by atoms with Gasteiger partial charge in [0.25, 0.3) is 0 Å². The summed E-state index contributed by atoms with van der Waals surface area (Å²) in [5.41, 5.74) is 4.51. The van der Waals surface area contributed by atoms with Crippen molar-refractivity contribution >= 4 is 16.8 Å². The summed E-state index contributed by atoms with van der Waals surface area (Å²) < 4.78 is 11.4. The fourth-order valence-corrected chi connectivity index (χ4v) is 4.06. The van der Waals surface area contributed by atoms with Crippen molar-refractivity contribution in [3.8, 4) is 11.5 Å². The minimum absolute atomic E-state index is 0.0434. The van der Waals surface area contributed by atoms with Gasteiger partial charge in [0.05, 0.1) is 0 Å². The molecule has 0 radical (unpaired) electrons. The van der Waals surface area contributed by atoms with Crippen molar-refractivity contribution in [2.24, 2.45) is 0 Å². The van der Waals surface area contributed by atoms with E-state index in [1.54, 1.807) is 0 Å². The van der Waals surface area contributed by atoms with Crippen molar-refractivity contribution < 1.29 is 14.3 Å². The second-order valence-electron chi connectivity index (χ2n) is 7.65. The van der Waals surface area contributed by atoms with Gasteiger partial charge in [-0.05, 0) is 37.0 Å². The van der Waals surface area contributed by atoms with Gasteiger partial charge in [-0.3, -0.25) is 4.79 Å². The van der Waals surface area contributed by atoms with Crippen LogP contribution in [0.2, 0.25) is 0 Å². The molecule has 0 spiro atoms. The lowest BCUT2D eigenvalue weighted by Crippen LogP contribution is -2.33. The smallest absolute Gasteiger partial charge is 0.231 e. The summed E-state index contributed by atoms with van der Waals surface area (Å²) in [5.74, 6) is 1.40. The number of aromatic amines is 1. The van der Waals surface area contributed by atoms with E-state index < -0.39 is 0 Å². The molecule has 29 heavy (non-hydrogen) atoms. The molecule has 0 saturated heterocycles. The van der Waals surface area contributed by atoms with Crippen LogP contribution in [0, 0.1) is 0 Å². The number of aromatic nitrogens is 1. The Morgan fingerprint density at radius 2 is 1.97 bits per heavy atom. The number of para-hydroxylation sites is 2. The third-order valence-corrected chi connectivity index (χ3v) is 5.80. The van der Waals surface area contributed by atoms with Crippen molar-refractivity contribution in [2.75, 3.05) is 6.79 Å². The van der Waals surface area contributed by atoms with Crippen LogP contribution in [-0.2, 0) is 11.2 Å². The summed E-state index contributed by atoms with van der Waals surface area (Å²) in [6.45, 7) is 6.47. The third kappa shape index (κ3) is 3.69. The first kappa shape index (κ1) is 19.4. The molecule has 152 valence electrons. The first-order valence-corrected chi connectivity index (χ1v) is 10.4. The van der Waals surface area contributed by atoms with Crippen LogP contribution in [0.1, 0.15) is 56.2 Å². The number of H-pyrrole nitrogens is 1. The number of hydrogen-bond acceptors (Lipinski definition) is 3. The van der Waals surface area contributed by atoms with Crippen molar-refractivity contribution in [2.45, 2.75) is 52.0 Å². The van der Waals surface area contributed by atoms with E-state index in [0.29, 0.717) is 6.42 Å². The van der Waals surface area contributed by atoms with E-state index in [0.717, 1.165) is 46.4 Å². The number of fused-ring (bicyclic) bond motifs is 2. The lowest BCUT2D eigenvalue weighted by atomic mass is 9.86. The maximum atomic E-state index is 12.9. The number of nitrogens with one attached hydrogen (secondary N) is 2. The number of amides is 1. The van der Waals surface area contributed by atoms with Gasteiger partial charge in [0.2, 0.25) is 12.7 Å². The van der Waals surface area contributed by atoms with Gasteiger partial charge in [0.15, 0.2) is 11.5 Å². The van der Waals surface area contributed by atoms with E-state index in [-0.39, 0.29) is 24.7 Å². The second kappa shape index (κ2) is 8.19. The average Bonchev–Trinajstić information content (AvgIpc) is 3.38. The second-order valence-corrected chi connectivity index (χ2v) is 7.65. The Balaban J connectivity index is 1.79. The Morgan fingerprint density at radius 3 is 2.76 bits per heavy atom. The average molecular weight is 392 g/mol. The topological polar surface area (TPSA) is 63.4 Å². The van der Waals surface area contributed by atoms with Crippen molar-refractivity contribution in [1.29, 1.82) is 0 Å². The van der Waals surface area contributed by atoms with Crippen LogP contribution in [0.3, 0.4) is 0 Å². The molecule has 1 amide bonds. The maximum absolute atomic E-state index is 12.9. The number of carbonyl (C=O) groups excluding carboxylic acids is 1. The Labute approximate surface area is 171 Å². The molecule has 2 aromatic carbocycles. The molecule has 0 saturated carbocycles. The normalized spacial score (nSPS) is 14.7. The number of carbonyl (C=O) groups is 1. The number of benzene rings is 2. The van der Waals surface area contributed by atoms with E-state index in [2.05, 4.69) is 42.3 Å². The zero-order chi connectivity index (χ0) is 20.4. The molecule has 2 atom stereocenters. The molecule has 2 heterocycles. The number of hydrogen-bond donors (Lipinski definition) is 2. The molecule has 2 N–H and O–H groups in total. The minimum atomic E-state index is -0.128. The maximum Gasteiger partial charge on any atom is 0.231 e. The fraction of sp³-hybridized carbons (Fsp3) is 0.375. The highest BCUT2D eigenvalue weighted by Crippen LogP contribution is 2.44. The summed E-state index contributed by atoms with van der Waals surface area (Å²) in [6.07, 6.45) is 4.25. The van der Waals surface area contributed by atoms with Gasteiger partial charge in [-0.15, -0.1) is 0 Å². The SMILES string of the molecule is CCc1cccc2c(C(CC(=O)NC(C)CC)c3cccc4c3OCO4)c[nH]c12. The van der Waals surface area contributed by atoms with E-state index in [1.165, 1.54) is 5.56 Å². The molecule has 3 aromatic rings. The third-order valence-electron chi connectivity index (χ3n) is 5.80. The quantitative estimate of drug-likeness (QED) is 0.601. The van der Waals surface area contributed by atoms with Gasteiger partial charge < -0.3 is 19.8 Å². The number of aryl methyl sites for hydroxylation is 1. The van der Waals surface area contributed by atoms with E-state index in [1.807, 2.05) is 31.3 Å². The molecular formula is C24H28N2O3. The molecule has 5 nitrogen and oxygen atoms in total. The summed E-state index contributed by atoms with van der Waals surface area (Å²) in [7, 11) is 0. The Bertz CT molecular complexity index is 1020. The largest absolute Gasteiger partial charge is 0.454 e. The zero-order valence-corrected chi connectivity index (χ0v) is 17.2. The summed E-state index contributed by atoms with van der Waals surface area (Å²) in [6, 6.07) is 12.4. The minimum Gasteiger partial charge on any atom is -0.454 e. The molecule has 5 heteroatoms. The summed E-state index contributed by atoms with van der Waals surface area (Å²) in [5, 5.41) is 4.26. The van der Waals surface area contributed by atoms with Gasteiger partial charge in [-0.2, -0.15) is 0 Å². The lowest BCUT2D eigenvalue weighted by molar-refractivity contribution is -0.121. The number of rotatable bonds is 7. The highest BCUT2D eigenvalue weighted by molar-refractivity contribution is 5.88. The fourth-order valence-electron chi connectivity index (χ4n) is 4.06. The predicted molar refractivity (Wildman–Crippen MR) is 115 cm³/mol. The number of ether oxygens (including phenoxy) is 2. The molecule has 1 aromatic heterocycles. The monoisotopic (exact) mass is 392 g/mol. The predicted octanol–water partition coefficient (Wildman–Crippen LogP) is 4.90. The Morgan fingerprint density at radius 1 is 1.14 bits per heavy atom. The van der Waals surface area contributed by atoms with Crippen LogP contribution in [0.15, 0.2) is 42.6 Å². The molecule has 2 unspecified atom stereocenters. The molecule has 1 aliphatic heterocycles. The Hall–Kier alpha value is -2.95. The van der Waals surface area contributed by atoms with Crippen LogP contribution < -0.4 is 14.8 Å². The van der Waals surface area contributed by atoms with Gasteiger partial charge in [-0.25, -0.2) is 0 Å². The summed E-state index contributed by atoms with van der Waals surface area (Å²) in [4.78, 5) is 16.3. The van der Waals surface area contributed by atoms with Crippen LogP contribution in [-0.4, -0.2) is 23.7 Å². The van der Waals surface area contributed by atoms with Gasteiger partial charge in [-0.1, -0.05) is 44.2 Å². The molecule has 4 rings (SSSR count). The lowest BCUT2D eigenvalue weighted by Gasteiger charge is -2.20. The highest BCUT2D eigenvalue weighted by Gasteiger charge is 2.28.